The Hall–Kier alpha value is -4.57. The Morgan fingerprint density at radius 3 is 2.26 bits per heavy atom. The summed E-state index contributed by atoms with van der Waals surface area (Å²) in [6, 6.07) is 26.5. The quantitative estimate of drug-likeness (QED) is 0.243. The largest absolute Gasteiger partial charge is 0.274 e. The predicted molar refractivity (Wildman–Crippen MR) is 140 cm³/mol. The predicted octanol–water partition coefficient (Wildman–Crippen LogP) is 6.73. The molecular formula is C31H18N4. The molecule has 0 radical (unpaired) electrons. The summed E-state index contributed by atoms with van der Waals surface area (Å²) in [7, 11) is 0. The molecule has 35 heavy (non-hydrogen) atoms. The number of nitrogens with zero attached hydrogens (tertiary/aromatic N) is 4. The van der Waals surface area contributed by atoms with E-state index in [4.69, 9.17) is 9.97 Å². The summed E-state index contributed by atoms with van der Waals surface area (Å²) < 4.78 is 2.17. The lowest BCUT2D eigenvalue weighted by Gasteiger charge is -2.11. The number of hydrogen-bond donors (Lipinski definition) is 0. The van der Waals surface area contributed by atoms with Gasteiger partial charge in [-0.3, -0.25) is 9.38 Å². The van der Waals surface area contributed by atoms with E-state index >= 15 is 0 Å². The molecule has 0 spiro atoms. The van der Waals surface area contributed by atoms with Crippen LogP contribution < -0.4 is 0 Å². The molecule has 4 heterocycles. The van der Waals surface area contributed by atoms with Gasteiger partial charge in [0.05, 0.1) is 11.0 Å². The van der Waals surface area contributed by atoms with E-state index in [1.165, 1.54) is 44.5 Å². The van der Waals surface area contributed by atoms with E-state index in [2.05, 4.69) is 64.0 Å². The molecule has 0 N–H and O–H groups in total. The molecule has 0 saturated heterocycles. The van der Waals surface area contributed by atoms with E-state index < -0.39 is 0 Å². The molecule has 4 heteroatoms. The monoisotopic (exact) mass is 446 g/mol. The Labute approximate surface area is 200 Å². The van der Waals surface area contributed by atoms with Crippen molar-refractivity contribution in [3.63, 3.8) is 0 Å². The molecule has 0 bridgehead atoms. The highest BCUT2D eigenvalue weighted by Gasteiger charge is 2.26. The second kappa shape index (κ2) is 6.10. The van der Waals surface area contributed by atoms with Gasteiger partial charge in [0.1, 0.15) is 11.2 Å². The molecule has 0 fully saturated rings. The van der Waals surface area contributed by atoms with Crippen molar-refractivity contribution in [2.75, 3.05) is 0 Å². The molecule has 0 atom stereocenters. The highest BCUT2D eigenvalue weighted by Crippen LogP contribution is 2.46. The summed E-state index contributed by atoms with van der Waals surface area (Å²) >= 11 is 0. The van der Waals surface area contributed by atoms with Gasteiger partial charge in [0, 0.05) is 23.2 Å². The molecule has 7 aromatic rings. The van der Waals surface area contributed by atoms with Crippen LogP contribution in [0.15, 0.2) is 85.2 Å². The van der Waals surface area contributed by atoms with Crippen molar-refractivity contribution in [3.05, 3.63) is 107 Å². The van der Waals surface area contributed by atoms with Crippen LogP contribution in [0, 0.1) is 0 Å². The fourth-order valence-electron chi connectivity index (χ4n) is 6.36. The van der Waals surface area contributed by atoms with E-state index in [9.17, 15) is 0 Å². The lowest BCUT2D eigenvalue weighted by Crippen LogP contribution is -1.95. The van der Waals surface area contributed by atoms with E-state index in [0.717, 1.165) is 51.5 Å². The topological polar surface area (TPSA) is 43.1 Å². The van der Waals surface area contributed by atoms with Gasteiger partial charge in [-0.1, -0.05) is 24.3 Å². The van der Waals surface area contributed by atoms with Gasteiger partial charge < -0.3 is 0 Å². The van der Waals surface area contributed by atoms with Gasteiger partial charge in [0.25, 0.3) is 0 Å². The van der Waals surface area contributed by atoms with Crippen molar-refractivity contribution in [2.45, 2.75) is 12.8 Å². The maximum Gasteiger partial charge on any atom is 0.165 e. The van der Waals surface area contributed by atoms with Crippen LogP contribution in [0.4, 0.5) is 0 Å². The number of imidazole rings is 1. The Balaban J connectivity index is 1.37. The van der Waals surface area contributed by atoms with Crippen molar-refractivity contribution in [3.8, 4) is 22.3 Å². The molecule has 0 amide bonds. The number of hydrogen-bond acceptors (Lipinski definition) is 3. The summed E-state index contributed by atoms with van der Waals surface area (Å²) in [5.74, 6) is 0. The maximum atomic E-state index is 5.02. The van der Waals surface area contributed by atoms with Crippen molar-refractivity contribution in [1.82, 2.24) is 19.4 Å². The van der Waals surface area contributed by atoms with Crippen LogP contribution in [0.1, 0.15) is 22.3 Å². The first-order valence-corrected chi connectivity index (χ1v) is 12.0. The molecule has 2 aliphatic rings. The Morgan fingerprint density at radius 1 is 0.571 bits per heavy atom. The SMILES string of the molecule is c1ccc2c(c1)Cc1cc3c(cc1-2)Cc1cc2c(cc1-3)c1ncccc1n1c3ncccc3nc21. The number of benzene rings is 3. The van der Waals surface area contributed by atoms with Gasteiger partial charge >= 0.3 is 0 Å². The molecule has 162 valence electrons. The minimum Gasteiger partial charge on any atom is -0.274 e. The Bertz CT molecular complexity index is 2070. The maximum absolute atomic E-state index is 5.02. The zero-order chi connectivity index (χ0) is 22.7. The lowest BCUT2D eigenvalue weighted by atomic mass is 9.97. The molecular weight excluding hydrogens is 428 g/mol. The molecule has 0 saturated carbocycles. The third-order valence-corrected chi connectivity index (χ3v) is 7.87. The second-order valence-corrected chi connectivity index (χ2v) is 9.72. The average molecular weight is 447 g/mol. The number of aromatic nitrogens is 4. The number of fused-ring (bicyclic) bond motifs is 14. The standard InChI is InChI=1S/C31H18N4/c1-2-6-21-17(5-1)11-18-14-23-19(13-22(18)21)12-20-15-26-25(16-24(20)23)29-28(8-4-9-32-29)35-30(26)34-27-7-3-10-33-31(27)35/h1-10,13-16H,11-12H2. The number of rotatable bonds is 0. The first kappa shape index (κ1) is 17.8. The summed E-state index contributed by atoms with van der Waals surface area (Å²) in [6.07, 6.45) is 5.67. The van der Waals surface area contributed by atoms with Gasteiger partial charge in [-0.25, -0.2) is 9.97 Å². The number of pyridine rings is 3. The average Bonchev–Trinajstić information content (AvgIpc) is 3.57. The second-order valence-electron chi connectivity index (χ2n) is 9.72. The molecule has 2 aliphatic carbocycles. The van der Waals surface area contributed by atoms with Crippen LogP contribution in [0.5, 0.6) is 0 Å². The van der Waals surface area contributed by atoms with E-state index in [1.54, 1.807) is 0 Å². The van der Waals surface area contributed by atoms with Gasteiger partial charge in [-0.15, -0.1) is 0 Å². The van der Waals surface area contributed by atoms with E-state index in [1.807, 2.05) is 30.6 Å². The van der Waals surface area contributed by atoms with Crippen LogP contribution in [-0.4, -0.2) is 19.4 Å². The first-order valence-electron chi connectivity index (χ1n) is 12.0. The van der Waals surface area contributed by atoms with Crippen LogP contribution in [0.25, 0.3) is 60.9 Å². The minimum atomic E-state index is 0.876. The molecule has 0 unspecified atom stereocenters. The van der Waals surface area contributed by atoms with Gasteiger partial charge in [-0.2, -0.15) is 0 Å². The Morgan fingerprint density at radius 2 is 1.31 bits per heavy atom. The van der Waals surface area contributed by atoms with Crippen LogP contribution in [0.2, 0.25) is 0 Å². The minimum absolute atomic E-state index is 0.876. The van der Waals surface area contributed by atoms with E-state index in [0.29, 0.717) is 0 Å². The third-order valence-electron chi connectivity index (χ3n) is 7.87. The fraction of sp³-hybridized carbons (Fsp3) is 0.0645. The summed E-state index contributed by atoms with van der Waals surface area (Å²) in [4.78, 5) is 14.5. The normalized spacial score (nSPS) is 13.5. The van der Waals surface area contributed by atoms with E-state index in [-0.39, 0.29) is 0 Å². The van der Waals surface area contributed by atoms with Crippen molar-refractivity contribution in [2.24, 2.45) is 0 Å². The first-order chi connectivity index (χ1) is 17.3. The van der Waals surface area contributed by atoms with Crippen LogP contribution >= 0.6 is 0 Å². The van der Waals surface area contributed by atoms with Gasteiger partial charge in [0.15, 0.2) is 5.65 Å². The highest BCUT2D eigenvalue weighted by molar-refractivity contribution is 6.13. The molecule has 9 rings (SSSR count). The molecule has 4 nitrogen and oxygen atoms in total. The van der Waals surface area contributed by atoms with Gasteiger partial charge in [-0.05, 0) is 106 Å². The summed E-state index contributed by atoms with van der Waals surface area (Å²) in [5.41, 5.74) is 15.9. The van der Waals surface area contributed by atoms with Crippen LogP contribution in [-0.2, 0) is 12.8 Å². The Kier molecular flexibility index (Phi) is 3.11. The zero-order valence-corrected chi connectivity index (χ0v) is 18.8. The highest BCUT2D eigenvalue weighted by atomic mass is 15.1. The molecule has 0 aliphatic heterocycles. The van der Waals surface area contributed by atoms with Crippen molar-refractivity contribution >= 4 is 38.6 Å². The zero-order valence-electron chi connectivity index (χ0n) is 18.8. The molecule has 3 aromatic carbocycles. The summed E-state index contributed by atoms with van der Waals surface area (Å²) in [5, 5.41) is 2.29. The molecule has 4 aromatic heterocycles. The van der Waals surface area contributed by atoms with Crippen molar-refractivity contribution < 1.29 is 0 Å². The van der Waals surface area contributed by atoms with Crippen molar-refractivity contribution in [1.29, 1.82) is 0 Å². The van der Waals surface area contributed by atoms with Crippen LogP contribution in [0.3, 0.4) is 0 Å². The smallest absolute Gasteiger partial charge is 0.165 e. The lowest BCUT2D eigenvalue weighted by molar-refractivity contribution is 1.23. The third kappa shape index (κ3) is 2.20. The summed E-state index contributed by atoms with van der Waals surface area (Å²) in [6.45, 7) is 0. The fourth-order valence-corrected chi connectivity index (χ4v) is 6.36. The van der Waals surface area contributed by atoms with Gasteiger partial charge in [0.2, 0.25) is 0 Å².